The van der Waals surface area contributed by atoms with Crippen molar-refractivity contribution in [1.82, 2.24) is 10.2 Å². The molecule has 0 radical (unpaired) electrons. The summed E-state index contributed by atoms with van der Waals surface area (Å²) < 4.78 is 1.02. The number of rotatable bonds is 2. The topological polar surface area (TPSA) is 49.6 Å². The minimum atomic E-state index is 0.330. The molecule has 0 saturated heterocycles. The van der Waals surface area contributed by atoms with Gasteiger partial charge in [-0.15, -0.1) is 10.2 Å². The van der Waals surface area contributed by atoms with Crippen LogP contribution in [-0.2, 0) is 0 Å². The molecule has 0 atom stereocenters. The van der Waals surface area contributed by atoms with E-state index < -0.39 is 0 Å². The summed E-state index contributed by atoms with van der Waals surface area (Å²) in [5.41, 5.74) is 0.330. The van der Waals surface area contributed by atoms with Gasteiger partial charge in [0.1, 0.15) is 11.1 Å². The van der Waals surface area contributed by atoms with E-state index in [0.717, 1.165) is 14.4 Å². The second-order valence-electron chi connectivity index (χ2n) is 2.90. The van der Waals surface area contributed by atoms with E-state index in [9.17, 15) is 0 Å². The first-order valence-electron chi connectivity index (χ1n) is 4.46. The first kappa shape index (κ1) is 11.1. The zero-order valence-electron chi connectivity index (χ0n) is 8.09. The fourth-order valence-electron chi connectivity index (χ4n) is 1.07. The van der Waals surface area contributed by atoms with Crippen molar-refractivity contribution in [3.8, 4) is 6.07 Å². The van der Waals surface area contributed by atoms with Crippen LogP contribution in [0, 0.1) is 11.3 Å². The summed E-state index contributed by atoms with van der Waals surface area (Å²) in [4.78, 5) is 1.07. The molecular weight excluding hydrogens is 286 g/mol. The highest BCUT2D eigenvalue weighted by molar-refractivity contribution is 9.10. The molecule has 0 fully saturated rings. The van der Waals surface area contributed by atoms with Gasteiger partial charge in [0.15, 0.2) is 5.69 Å². The number of hydrogen-bond acceptors (Lipinski definition) is 4. The van der Waals surface area contributed by atoms with Crippen LogP contribution in [0.25, 0.3) is 0 Å². The van der Waals surface area contributed by atoms with Gasteiger partial charge in [0.2, 0.25) is 0 Å². The third-order valence-corrected chi connectivity index (χ3v) is 3.76. The minimum absolute atomic E-state index is 0.330. The normalized spacial score (nSPS) is 9.75. The van der Waals surface area contributed by atoms with Gasteiger partial charge in [-0.2, -0.15) is 5.26 Å². The standard InChI is InChI=1S/C11H6BrN3S/c12-9-3-1-2-4-10(9)16-11-6-5-8(7-13)14-15-11/h1-6H. The molecule has 0 aliphatic heterocycles. The molecular formula is C11H6BrN3S. The van der Waals surface area contributed by atoms with Gasteiger partial charge in [-0.25, -0.2) is 0 Å². The monoisotopic (exact) mass is 291 g/mol. The molecule has 16 heavy (non-hydrogen) atoms. The van der Waals surface area contributed by atoms with E-state index in [1.54, 1.807) is 12.1 Å². The number of nitrogens with zero attached hydrogens (tertiary/aromatic N) is 3. The van der Waals surface area contributed by atoms with Gasteiger partial charge in [-0.05, 0) is 40.2 Å². The van der Waals surface area contributed by atoms with Crippen LogP contribution in [0.1, 0.15) is 5.69 Å². The number of nitriles is 1. The molecule has 1 aromatic carbocycles. The second-order valence-corrected chi connectivity index (χ2v) is 4.82. The van der Waals surface area contributed by atoms with Gasteiger partial charge >= 0.3 is 0 Å². The number of aromatic nitrogens is 2. The third-order valence-electron chi connectivity index (χ3n) is 1.81. The molecule has 2 aromatic rings. The highest BCUT2D eigenvalue weighted by Crippen LogP contribution is 2.31. The Hall–Kier alpha value is -1.38. The molecule has 0 aliphatic carbocycles. The Morgan fingerprint density at radius 3 is 2.56 bits per heavy atom. The minimum Gasteiger partial charge on any atom is -0.191 e. The van der Waals surface area contributed by atoms with Crippen molar-refractivity contribution in [3.63, 3.8) is 0 Å². The molecule has 0 aliphatic rings. The first-order valence-corrected chi connectivity index (χ1v) is 6.07. The quantitative estimate of drug-likeness (QED) is 0.852. The number of hydrogen-bond donors (Lipinski definition) is 0. The molecule has 78 valence electrons. The Kier molecular flexibility index (Phi) is 3.54. The summed E-state index contributed by atoms with van der Waals surface area (Å²) in [6.07, 6.45) is 0. The molecule has 0 saturated carbocycles. The van der Waals surface area contributed by atoms with Crippen molar-refractivity contribution >= 4 is 27.7 Å². The second kappa shape index (κ2) is 5.10. The van der Waals surface area contributed by atoms with Crippen LogP contribution in [0.2, 0.25) is 0 Å². The van der Waals surface area contributed by atoms with Gasteiger partial charge in [0.25, 0.3) is 0 Å². The van der Waals surface area contributed by atoms with Crippen molar-refractivity contribution in [2.75, 3.05) is 0 Å². The van der Waals surface area contributed by atoms with Crippen LogP contribution >= 0.6 is 27.7 Å². The van der Waals surface area contributed by atoms with Crippen LogP contribution in [0.4, 0.5) is 0 Å². The van der Waals surface area contributed by atoms with Crippen LogP contribution in [0.5, 0.6) is 0 Å². The molecule has 1 heterocycles. The fourth-order valence-corrected chi connectivity index (χ4v) is 2.36. The van der Waals surface area contributed by atoms with Gasteiger partial charge in [-0.3, -0.25) is 0 Å². The van der Waals surface area contributed by atoms with Crippen LogP contribution in [0.3, 0.4) is 0 Å². The molecule has 0 bridgehead atoms. The summed E-state index contributed by atoms with van der Waals surface area (Å²) in [5, 5.41) is 17.1. The average molecular weight is 292 g/mol. The van der Waals surface area contributed by atoms with Crippen LogP contribution in [-0.4, -0.2) is 10.2 Å². The highest BCUT2D eigenvalue weighted by Gasteiger charge is 2.03. The lowest BCUT2D eigenvalue weighted by Crippen LogP contribution is -1.88. The van der Waals surface area contributed by atoms with Gasteiger partial charge in [0.05, 0.1) is 0 Å². The van der Waals surface area contributed by atoms with E-state index in [2.05, 4.69) is 26.1 Å². The molecule has 2 rings (SSSR count). The smallest absolute Gasteiger partial charge is 0.163 e. The predicted octanol–water partition coefficient (Wildman–Crippen LogP) is 3.26. The number of halogens is 1. The SMILES string of the molecule is N#Cc1ccc(Sc2ccccc2Br)nn1. The maximum Gasteiger partial charge on any atom is 0.163 e. The van der Waals surface area contributed by atoms with Crippen molar-refractivity contribution in [1.29, 1.82) is 5.26 Å². The molecule has 0 spiro atoms. The Bertz CT molecular complexity index is 534. The van der Waals surface area contributed by atoms with E-state index in [-0.39, 0.29) is 0 Å². The van der Waals surface area contributed by atoms with E-state index in [1.165, 1.54) is 11.8 Å². The molecule has 1 aromatic heterocycles. The lowest BCUT2D eigenvalue weighted by atomic mass is 10.4. The summed E-state index contributed by atoms with van der Waals surface area (Å²) in [7, 11) is 0. The van der Waals surface area contributed by atoms with Gasteiger partial charge < -0.3 is 0 Å². The molecule has 5 heteroatoms. The average Bonchev–Trinajstić information content (AvgIpc) is 2.33. The van der Waals surface area contributed by atoms with Gasteiger partial charge in [-0.1, -0.05) is 23.9 Å². The maximum absolute atomic E-state index is 8.60. The lowest BCUT2D eigenvalue weighted by Gasteiger charge is -2.01. The Morgan fingerprint density at radius 1 is 1.12 bits per heavy atom. The Morgan fingerprint density at radius 2 is 1.94 bits per heavy atom. The van der Waals surface area contributed by atoms with Crippen molar-refractivity contribution < 1.29 is 0 Å². The van der Waals surface area contributed by atoms with Crippen molar-refractivity contribution in [2.24, 2.45) is 0 Å². The Balaban J connectivity index is 2.22. The zero-order valence-corrected chi connectivity index (χ0v) is 10.5. The van der Waals surface area contributed by atoms with Crippen molar-refractivity contribution in [2.45, 2.75) is 9.92 Å². The van der Waals surface area contributed by atoms with Gasteiger partial charge in [0, 0.05) is 9.37 Å². The molecule has 0 unspecified atom stereocenters. The van der Waals surface area contributed by atoms with Crippen LogP contribution < -0.4 is 0 Å². The van der Waals surface area contributed by atoms with E-state index >= 15 is 0 Å². The molecule has 0 N–H and O–H groups in total. The highest BCUT2D eigenvalue weighted by atomic mass is 79.9. The summed E-state index contributed by atoms with van der Waals surface area (Å²) in [6, 6.07) is 13.3. The zero-order chi connectivity index (χ0) is 11.4. The van der Waals surface area contributed by atoms with Crippen molar-refractivity contribution in [3.05, 3.63) is 46.6 Å². The van der Waals surface area contributed by atoms with E-state index in [0.29, 0.717) is 5.69 Å². The fraction of sp³-hybridized carbons (Fsp3) is 0. The Labute approximate surface area is 106 Å². The first-order chi connectivity index (χ1) is 7.79. The van der Waals surface area contributed by atoms with E-state index in [4.69, 9.17) is 5.26 Å². The van der Waals surface area contributed by atoms with Crippen LogP contribution in [0.15, 0.2) is 50.8 Å². The summed E-state index contributed by atoms with van der Waals surface area (Å²) in [6.45, 7) is 0. The number of benzene rings is 1. The maximum atomic E-state index is 8.60. The lowest BCUT2D eigenvalue weighted by molar-refractivity contribution is 0.915. The van der Waals surface area contributed by atoms with E-state index in [1.807, 2.05) is 30.3 Å². The largest absolute Gasteiger partial charge is 0.191 e. The third kappa shape index (κ3) is 2.60. The summed E-state index contributed by atoms with van der Waals surface area (Å²) >= 11 is 4.96. The predicted molar refractivity (Wildman–Crippen MR) is 65.0 cm³/mol. The molecule has 0 amide bonds. The molecule has 3 nitrogen and oxygen atoms in total. The summed E-state index contributed by atoms with van der Waals surface area (Å²) in [5.74, 6) is 0.